The summed E-state index contributed by atoms with van der Waals surface area (Å²) in [5.74, 6) is -34.2. The third-order valence-corrected chi connectivity index (χ3v) is 23.3. The van der Waals surface area contributed by atoms with E-state index in [1.807, 2.05) is 26.1 Å². The molecule has 0 spiro atoms. The Kier molecular flexibility index (Phi) is 69.3. The zero-order chi connectivity index (χ0) is 119. The van der Waals surface area contributed by atoms with Gasteiger partial charge in [0.2, 0.25) is 11.6 Å². The smallest absolute Gasteiger partial charge is 0.407 e. The molecule has 38 nitrogen and oxygen atoms in total. The fourth-order valence-electron chi connectivity index (χ4n) is 7.21. The van der Waals surface area contributed by atoms with Crippen LogP contribution in [0.4, 0.5) is 83.8 Å². The Morgan fingerprint density at radius 1 is 0.327 bits per heavy atom. The third kappa shape index (κ3) is 66.4. The van der Waals surface area contributed by atoms with E-state index in [0.29, 0.717) is 58.3 Å². The Balaban J connectivity index is -0.000000215. The minimum Gasteiger partial charge on any atom is -0.743 e. The average molecular weight is 2250 g/mol. The number of nitrogens with one attached hydrogen (secondary N) is 1. The van der Waals surface area contributed by atoms with Gasteiger partial charge in [0.25, 0.3) is 17.8 Å². The molecule has 0 aliphatic heterocycles. The van der Waals surface area contributed by atoms with E-state index in [1.54, 1.807) is 125 Å². The van der Waals surface area contributed by atoms with E-state index in [-0.39, 0.29) is 45.2 Å². The summed E-state index contributed by atoms with van der Waals surface area (Å²) < 4.78 is 386. The largest absolute Gasteiger partial charge is 0.743 e. The number of hydrogen-bond donors (Lipinski definition) is 1. The summed E-state index contributed by atoms with van der Waals surface area (Å²) in [7, 11) is -17.9. The fourth-order valence-corrected chi connectivity index (χ4v) is 8.08. The highest BCUT2D eigenvalue weighted by atomic mass is 32.2. The first-order valence-electron chi connectivity index (χ1n) is 44.6. The first-order valence-corrected chi connectivity index (χ1v) is 48.8. The first-order chi connectivity index (χ1) is 65.3. The lowest BCUT2D eigenvalue weighted by Crippen LogP contribution is -2.47. The average Bonchev–Trinajstić information content (AvgIpc) is 0.799. The van der Waals surface area contributed by atoms with Gasteiger partial charge in [-0.15, -0.1) is 0 Å². The standard InChI is InChI=1S/C15H26F4O3.C14H22F4O4.C14H24F2O7S.C13H24F2O3.C11H19F2NO7S.C10H16F2O7S.C9H16F2O2.2CO2/c1-7-12(3,4)11(20)22-13(5,8-2)21-10-9-15(18,19)14(6,16)17;1-6-9(22-10(19)12(3,4)7-2)14(17,18)11(20)21-8-13(5,15)16;1-6-13(4,5)12(18)22-8-11(17)23-10(7-9(2)3)14(15,16)24(19,20)21;1-7-11(3,4)10(16)18-13(6,8-2)17-9-12(5,14)15;1-4-10(2,3)8(15)20-6-5-14-9(16)21-7-11(12,13)22(17,18)19;1-4-9(2,3)8(14)18-5-7(13)19-6-10(11,12)20(15,16)17;1-5-8(2,3)7(12)13-6-9(4,10)11;2*2-1-3/h7-10H2,1-6H3;9H,6-8H2,1-5H3;9-10H,6-8H2,1-5H3,(H,19,20,21);7-9H2,1-6H3;4-7H2,1-3H3,(H,14,16)(H,17,18,19);4-6H2,1-3H3,(H,15,16,17);5-6H2,1-4H3;;/p-3. The van der Waals surface area contributed by atoms with Gasteiger partial charge in [-0.1, -0.05) is 83.1 Å². The zero-order valence-electron chi connectivity index (χ0n) is 88.4. The zero-order valence-corrected chi connectivity index (χ0v) is 90.9. The number of esters is 10. The lowest BCUT2D eigenvalue weighted by molar-refractivity contribution is -0.250. The molecular formula is C88H144F18NO37S3-3. The van der Waals surface area contributed by atoms with Crippen molar-refractivity contribution in [2.24, 2.45) is 43.8 Å². The minimum absolute atomic E-state index is 0.163. The van der Waals surface area contributed by atoms with Gasteiger partial charge in [-0.3, -0.25) is 33.6 Å². The second-order valence-electron chi connectivity index (χ2n) is 37.6. The van der Waals surface area contributed by atoms with Crippen molar-refractivity contribution >= 4 is 108 Å². The number of alkyl halides is 18. The van der Waals surface area contributed by atoms with Gasteiger partial charge in [0.1, 0.15) is 13.2 Å². The maximum absolute atomic E-state index is 13.9. The molecule has 147 heavy (non-hydrogen) atoms. The van der Waals surface area contributed by atoms with Gasteiger partial charge in [-0.25, -0.2) is 79.6 Å². The number of carbonyl (C=O) groups excluding carboxylic acids is 15. The number of ether oxygens (including phenoxy) is 13. The molecule has 0 bridgehead atoms. The molecule has 0 aromatic rings. The van der Waals surface area contributed by atoms with Gasteiger partial charge in [-0.2, -0.15) is 63.1 Å². The number of carbonyl (C=O) groups is 11. The molecule has 0 heterocycles. The summed E-state index contributed by atoms with van der Waals surface area (Å²) >= 11 is 0. The van der Waals surface area contributed by atoms with Crippen molar-refractivity contribution in [2.75, 3.05) is 66.0 Å². The highest BCUT2D eigenvalue weighted by Crippen LogP contribution is 2.40. The van der Waals surface area contributed by atoms with Crippen molar-refractivity contribution in [3.63, 3.8) is 0 Å². The highest BCUT2D eigenvalue weighted by molar-refractivity contribution is 7.87. The van der Waals surface area contributed by atoms with Crippen LogP contribution in [0.25, 0.3) is 0 Å². The van der Waals surface area contributed by atoms with Gasteiger partial charge in [0, 0.05) is 60.8 Å². The van der Waals surface area contributed by atoms with Crippen LogP contribution in [0.5, 0.6) is 0 Å². The van der Waals surface area contributed by atoms with Crippen molar-refractivity contribution < 1.29 is 251 Å². The van der Waals surface area contributed by atoms with Crippen LogP contribution >= 0.6 is 0 Å². The number of amides is 1. The van der Waals surface area contributed by atoms with Crippen molar-refractivity contribution in [1.82, 2.24) is 5.32 Å². The predicted molar refractivity (Wildman–Crippen MR) is 476 cm³/mol. The Labute approximate surface area is 845 Å². The van der Waals surface area contributed by atoms with Crippen LogP contribution < -0.4 is 5.32 Å². The molecule has 4 atom stereocenters. The SMILES string of the molecule is CCC(C)(C)C(=O)OCC(=O)OC(CC(C)C)C(F)(F)S(=O)(=O)[O-].CCC(C)(C)C(=O)OCC(=O)OCC(F)(F)S(=O)(=O)[O-].CCC(C)(C)C(=O)OCC(C)(F)F.CCC(C)(C)C(=O)OCCNC(=O)OCC(F)(F)S(=O)(=O)[O-].CCC(C)(OCC(C)(F)F)OC(=O)C(C)(C)CC.CCC(C)(OCCC(F)(F)C(C)(F)F)OC(=O)C(C)(C)CC.CCC(OC(=O)C(C)(C)CC)C(F)(F)C(=O)OCC(C)(F)F.O=C=O.O=C=O. The predicted octanol–water partition coefficient (Wildman–Crippen LogP) is 17.1. The van der Waals surface area contributed by atoms with Gasteiger partial charge in [0.15, 0.2) is 82.2 Å². The Morgan fingerprint density at radius 2 is 0.619 bits per heavy atom. The number of halogens is 18. The molecule has 0 rings (SSSR count). The second kappa shape index (κ2) is 65.4. The third-order valence-electron chi connectivity index (χ3n) is 20.7. The lowest BCUT2D eigenvalue weighted by atomic mass is 9.90. The van der Waals surface area contributed by atoms with E-state index < -0.39 is 281 Å². The van der Waals surface area contributed by atoms with Crippen molar-refractivity contribution in [1.29, 1.82) is 0 Å². The molecule has 59 heteroatoms. The lowest BCUT2D eigenvalue weighted by Gasteiger charge is -2.33. The van der Waals surface area contributed by atoms with Crippen LogP contribution in [0.3, 0.4) is 0 Å². The number of rotatable bonds is 52. The monoisotopic (exact) mass is 2240 g/mol. The van der Waals surface area contributed by atoms with Crippen molar-refractivity contribution in [2.45, 2.75) is 374 Å². The summed E-state index contributed by atoms with van der Waals surface area (Å²) in [6, 6.07) is 0. The van der Waals surface area contributed by atoms with Crippen LogP contribution in [0.1, 0.15) is 299 Å². The molecule has 4 unspecified atom stereocenters. The first kappa shape index (κ1) is 156. The van der Waals surface area contributed by atoms with Crippen LogP contribution in [0, 0.1) is 43.8 Å². The van der Waals surface area contributed by atoms with Crippen molar-refractivity contribution in [3.05, 3.63) is 0 Å². The van der Waals surface area contributed by atoms with Gasteiger partial charge >= 0.3 is 112 Å². The van der Waals surface area contributed by atoms with Gasteiger partial charge < -0.3 is 80.6 Å². The van der Waals surface area contributed by atoms with E-state index in [0.717, 1.165) is 13.8 Å². The number of hydrogen-bond acceptors (Lipinski definition) is 37. The molecule has 0 fully saturated rings. The normalized spacial score (nSPS) is 13.8. The molecule has 0 saturated heterocycles. The van der Waals surface area contributed by atoms with E-state index in [4.69, 9.17) is 47.6 Å². The minimum atomic E-state index is -6.02. The summed E-state index contributed by atoms with van der Waals surface area (Å²) in [5.41, 5.74) is -5.47. The van der Waals surface area contributed by atoms with E-state index in [1.165, 1.54) is 48.5 Å². The molecule has 0 radical (unpaired) electrons. The molecular weight excluding hydrogens is 2100 g/mol. The summed E-state index contributed by atoms with van der Waals surface area (Å²) in [4.78, 5) is 159. The Bertz CT molecular complexity index is 4450. The topological polar surface area (TPSA) is 560 Å². The van der Waals surface area contributed by atoms with E-state index in [9.17, 15) is 171 Å². The quantitative estimate of drug-likeness (QED) is 0.0148. The molecule has 0 saturated carbocycles. The Morgan fingerprint density at radius 3 is 0.912 bits per heavy atom. The van der Waals surface area contributed by atoms with Crippen molar-refractivity contribution in [3.8, 4) is 0 Å². The van der Waals surface area contributed by atoms with Crippen LogP contribution in [0.15, 0.2) is 0 Å². The number of alkyl carbamates (subject to hydrolysis) is 1. The van der Waals surface area contributed by atoms with E-state index >= 15 is 0 Å². The molecule has 1 N–H and O–H groups in total. The summed E-state index contributed by atoms with van der Waals surface area (Å²) in [5, 5.41) is -12.2. The fraction of sp³-hybridized carbons (Fsp3) is 0.852. The van der Waals surface area contributed by atoms with Gasteiger partial charge in [-0.05, 0) is 161 Å². The molecule has 0 aromatic heterocycles. The van der Waals surface area contributed by atoms with Crippen LogP contribution in [0.2, 0.25) is 0 Å². The van der Waals surface area contributed by atoms with E-state index in [2.05, 4.69) is 33.2 Å². The van der Waals surface area contributed by atoms with Crippen LogP contribution in [-0.2, 0) is 159 Å². The Hall–Kier alpha value is -8.88. The molecule has 870 valence electrons. The highest BCUT2D eigenvalue weighted by Gasteiger charge is 2.55. The molecule has 0 aliphatic carbocycles. The van der Waals surface area contributed by atoms with Crippen LogP contribution in [-0.4, -0.2) is 258 Å². The molecule has 1 amide bonds. The maximum Gasteiger partial charge on any atom is 0.407 e. The molecule has 0 aliphatic rings. The maximum atomic E-state index is 13.9. The van der Waals surface area contributed by atoms with Gasteiger partial charge in [0.05, 0.1) is 51.1 Å². The molecule has 0 aromatic carbocycles. The summed E-state index contributed by atoms with van der Waals surface area (Å²) in [6.07, 6.45) is -3.48. The summed E-state index contributed by atoms with van der Waals surface area (Å²) in [6.45, 7) is 38.0. The second-order valence-corrected chi connectivity index (χ2v) is 42.1.